The highest BCUT2D eigenvalue weighted by Crippen LogP contribution is 2.64. The average molecular weight is 690 g/mol. The van der Waals surface area contributed by atoms with E-state index < -0.39 is 86.0 Å². The minimum absolute atomic E-state index is 0.0500. The van der Waals surface area contributed by atoms with Gasteiger partial charge in [0.2, 0.25) is 0 Å². The number of carbonyl (C=O) groups excluding carboxylic acids is 1. The molecule has 2 aliphatic rings. The Kier molecular flexibility index (Phi) is 10.4. The molecule has 5 rings (SSSR count). The summed E-state index contributed by atoms with van der Waals surface area (Å²) >= 11 is 0.417. The normalized spacial score (nSPS) is 27.7. The fourth-order valence-electron chi connectivity index (χ4n) is 4.79. The van der Waals surface area contributed by atoms with Gasteiger partial charge in [-0.1, -0.05) is 0 Å². The second-order valence-electron chi connectivity index (χ2n) is 10.2. The van der Waals surface area contributed by atoms with Gasteiger partial charge in [0.25, 0.3) is 5.56 Å². The van der Waals surface area contributed by atoms with Gasteiger partial charge in [-0.05, 0) is 13.8 Å². The van der Waals surface area contributed by atoms with Crippen LogP contribution in [0.3, 0.4) is 0 Å². The predicted molar refractivity (Wildman–Crippen MR) is 156 cm³/mol. The van der Waals surface area contributed by atoms with E-state index in [1.807, 2.05) is 0 Å². The molecular weight excluding hydrogens is 657 g/mol. The number of hydrogen-bond acceptors (Lipinski definition) is 18. The number of H-pyrrole nitrogens is 1. The van der Waals surface area contributed by atoms with E-state index in [1.54, 1.807) is 13.8 Å². The first-order chi connectivity index (χ1) is 21.9. The van der Waals surface area contributed by atoms with E-state index >= 15 is 0 Å². The molecule has 5 heterocycles. The van der Waals surface area contributed by atoms with Crippen molar-refractivity contribution in [2.45, 2.75) is 69.5 Å². The smallest absolute Gasteiger partial charge is 0.432 e. The summed E-state index contributed by atoms with van der Waals surface area (Å²) in [6.07, 6.45) is -6.59. The van der Waals surface area contributed by atoms with Crippen molar-refractivity contribution in [3.63, 3.8) is 0 Å². The zero-order chi connectivity index (χ0) is 33.2. The van der Waals surface area contributed by atoms with Crippen LogP contribution < -0.4 is 17.0 Å². The summed E-state index contributed by atoms with van der Waals surface area (Å²) in [6, 6.07) is 1.08. The highest BCUT2D eigenvalue weighted by Gasteiger charge is 2.52. The highest BCUT2D eigenvalue weighted by atomic mass is 32.7. The molecule has 252 valence electrons. The minimum Gasteiger partial charge on any atom is -0.432 e. The van der Waals surface area contributed by atoms with E-state index in [4.69, 9.17) is 38.5 Å². The molecule has 2 aliphatic heterocycles. The SMILES string of the molecule is COC1C(O[P@](=O)(O[C@H]2O[C@@H](n3cnc4c(N)ncnc43)CC2O)SCOC(=O)OC(C)C)[C@@H](CO)O[C@H]1n1ccc(=O)[nH]c1=O. The largest absolute Gasteiger partial charge is 0.509 e. The maximum absolute atomic E-state index is 14.3. The Labute approximate surface area is 263 Å². The fraction of sp³-hybridized carbons (Fsp3) is 0.583. The molecule has 22 heteroatoms. The molecule has 0 spiro atoms. The molecule has 0 amide bonds. The third kappa shape index (κ3) is 7.27. The number of carbonyl (C=O) groups is 1. The van der Waals surface area contributed by atoms with Gasteiger partial charge in [0.15, 0.2) is 29.9 Å². The van der Waals surface area contributed by atoms with Crippen LogP contribution in [0.4, 0.5) is 10.6 Å². The van der Waals surface area contributed by atoms with Crippen LogP contribution >= 0.6 is 18.2 Å². The number of ether oxygens (including phenoxy) is 5. The lowest BCUT2D eigenvalue weighted by Crippen LogP contribution is -2.40. The van der Waals surface area contributed by atoms with Crippen LogP contribution in [0.15, 0.2) is 34.5 Å². The number of aromatic nitrogens is 6. The van der Waals surface area contributed by atoms with Gasteiger partial charge >= 0.3 is 18.6 Å². The molecule has 2 fully saturated rings. The van der Waals surface area contributed by atoms with Gasteiger partial charge in [0, 0.05) is 37.2 Å². The molecule has 46 heavy (non-hydrogen) atoms. The molecule has 2 saturated heterocycles. The Morgan fingerprint density at radius 3 is 2.70 bits per heavy atom. The molecule has 3 unspecified atom stereocenters. The van der Waals surface area contributed by atoms with Gasteiger partial charge in [0.05, 0.1) is 19.0 Å². The van der Waals surface area contributed by atoms with Crippen LogP contribution in [-0.2, 0) is 37.3 Å². The third-order valence-electron chi connectivity index (χ3n) is 6.81. The van der Waals surface area contributed by atoms with E-state index in [2.05, 4.69) is 19.9 Å². The molecule has 3 aromatic heterocycles. The van der Waals surface area contributed by atoms with Crippen molar-refractivity contribution in [1.29, 1.82) is 0 Å². The van der Waals surface area contributed by atoms with Crippen LogP contribution in [0.2, 0.25) is 0 Å². The number of aromatic amines is 1. The number of imidazole rings is 1. The molecule has 3 aromatic rings. The summed E-state index contributed by atoms with van der Waals surface area (Å²) in [6.45, 7) is -2.00. The first-order valence-electron chi connectivity index (χ1n) is 13.7. The maximum atomic E-state index is 14.3. The number of aliphatic hydroxyl groups excluding tert-OH is 2. The topological polar surface area (TPSA) is 264 Å². The first-order valence-corrected chi connectivity index (χ1v) is 16.9. The lowest BCUT2D eigenvalue weighted by molar-refractivity contribution is -0.131. The number of nitrogen functional groups attached to an aromatic ring is 1. The molecule has 0 radical (unpaired) electrons. The molecular formula is C24H32N7O13PS. The lowest BCUT2D eigenvalue weighted by atomic mass is 10.1. The van der Waals surface area contributed by atoms with E-state index in [0.717, 1.165) is 16.8 Å². The number of rotatable bonds is 12. The summed E-state index contributed by atoms with van der Waals surface area (Å²) in [4.78, 5) is 50.4. The zero-order valence-electron chi connectivity index (χ0n) is 24.6. The van der Waals surface area contributed by atoms with E-state index in [1.165, 1.54) is 24.3 Å². The van der Waals surface area contributed by atoms with Crippen molar-refractivity contribution in [3.8, 4) is 0 Å². The average Bonchev–Trinajstić information content (AvgIpc) is 3.68. The van der Waals surface area contributed by atoms with E-state index in [0.29, 0.717) is 22.5 Å². The number of hydrogen-bond donors (Lipinski definition) is 4. The Morgan fingerprint density at radius 1 is 1.22 bits per heavy atom. The van der Waals surface area contributed by atoms with Gasteiger partial charge in [0.1, 0.15) is 42.5 Å². The van der Waals surface area contributed by atoms with E-state index in [9.17, 15) is 29.2 Å². The fourth-order valence-corrected chi connectivity index (χ4v) is 7.70. The molecule has 8 atom stereocenters. The first kappa shape index (κ1) is 33.9. The van der Waals surface area contributed by atoms with Crippen molar-refractivity contribution in [2.24, 2.45) is 0 Å². The van der Waals surface area contributed by atoms with Gasteiger partial charge < -0.3 is 39.6 Å². The van der Waals surface area contributed by atoms with Crippen molar-refractivity contribution >= 4 is 41.3 Å². The minimum atomic E-state index is -4.53. The van der Waals surface area contributed by atoms with Crippen molar-refractivity contribution in [3.05, 3.63) is 45.8 Å². The number of aliphatic hydroxyl groups is 2. The summed E-state index contributed by atoms with van der Waals surface area (Å²) in [7, 11) is 1.26. The van der Waals surface area contributed by atoms with E-state index in [-0.39, 0.29) is 12.2 Å². The van der Waals surface area contributed by atoms with Crippen molar-refractivity contribution in [2.75, 3.05) is 25.4 Å². The summed E-state index contributed by atoms with van der Waals surface area (Å²) < 4.78 is 55.7. The maximum Gasteiger partial charge on any atom is 0.509 e. The lowest BCUT2D eigenvalue weighted by Gasteiger charge is -2.28. The molecule has 0 aromatic carbocycles. The number of nitrogens with two attached hydrogens (primary N) is 1. The number of fused-ring (bicyclic) bond motifs is 1. The molecule has 0 saturated carbocycles. The summed E-state index contributed by atoms with van der Waals surface area (Å²) in [5.41, 5.74) is 5.00. The van der Waals surface area contributed by atoms with Crippen LogP contribution in [0.25, 0.3) is 11.2 Å². The van der Waals surface area contributed by atoms with Crippen LogP contribution in [-0.4, -0.2) is 102 Å². The molecule has 0 bridgehead atoms. The Morgan fingerprint density at radius 2 is 2.00 bits per heavy atom. The van der Waals surface area contributed by atoms with Gasteiger partial charge in [-0.2, -0.15) is 0 Å². The van der Waals surface area contributed by atoms with Gasteiger partial charge in [-0.25, -0.2) is 29.1 Å². The monoisotopic (exact) mass is 689 g/mol. The third-order valence-corrected chi connectivity index (χ3v) is 10.1. The number of nitrogens with zero attached hydrogens (tertiary/aromatic N) is 5. The number of methoxy groups -OCH3 is 1. The summed E-state index contributed by atoms with van der Waals surface area (Å²) in [5, 5.41) is 21.0. The van der Waals surface area contributed by atoms with Gasteiger partial charge in [-0.3, -0.25) is 28.0 Å². The second kappa shape index (κ2) is 14.2. The number of anilines is 1. The highest BCUT2D eigenvalue weighted by molar-refractivity contribution is 8.55. The van der Waals surface area contributed by atoms with Crippen LogP contribution in [0.1, 0.15) is 32.7 Å². The predicted octanol–water partition coefficient (Wildman–Crippen LogP) is 0.232. The molecule has 20 nitrogen and oxygen atoms in total. The second-order valence-corrected chi connectivity index (χ2v) is 14.2. The van der Waals surface area contributed by atoms with Crippen molar-refractivity contribution in [1.82, 2.24) is 29.1 Å². The summed E-state index contributed by atoms with van der Waals surface area (Å²) in [5.74, 6) is -0.456. The Bertz CT molecular complexity index is 1700. The Hall–Kier alpha value is -3.40. The standard InChI is InChI=1S/C24H32N7O13PS/c1-11(2)40-24(36)39-10-46-45(37,43-17-13(7-32)41-21(18(17)38-3)30-5-4-14(34)29-23(30)35)44-22-12(33)6-15(42-22)31-9-28-16-19(25)26-8-27-20(16)31/h4-5,8-9,11-13,15,17-18,21-22,32-33H,6-7,10H2,1-3H3,(H2,25,26,27)(H,29,34,35)/t12?,13-,15-,17?,18?,21-,22-,45-/m1/s1. The van der Waals surface area contributed by atoms with Crippen molar-refractivity contribution < 1.29 is 52.3 Å². The van der Waals surface area contributed by atoms with Crippen LogP contribution in [0, 0.1) is 0 Å². The van der Waals surface area contributed by atoms with Crippen LogP contribution in [0.5, 0.6) is 0 Å². The van der Waals surface area contributed by atoms with Gasteiger partial charge in [-0.15, -0.1) is 0 Å². The molecule has 5 N–H and O–H groups in total. The quantitative estimate of drug-likeness (QED) is 0.113. The Balaban J connectivity index is 1.39. The molecule has 0 aliphatic carbocycles. The zero-order valence-corrected chi connectivity index (χ0v) is 26.3. The number of nitrogens with one attached hydrogen (secondary N) is 1.